The van der Waals surface area contributed by atoms with Crippen molar-refractivity contribution in [2.24, 2.45) is 5.92 Å². The maximum Gasteiger partial charge on any atom is 0.294 e. The van der Waals surface area contributed by atoms with Crippen LogP contribution in [-0.2, 0) is 9.59 Å². The summed E-state index contributed by atoms with van der Waals surface area (Å²) in [5.74, 6) is -2.60. The summed E-state index contributed by atoms with van der Waals surface area (Å²) in [5, 5.41) is 11.0. The number of rotatable bonds is 4. The number of carbonyl (C=O) groups is 2. The molecule has 1 aliphatic rings. The first-order chi connectivity index (χ1) is 12.7. The van der Waals surface area contributed by atoms with E-state index in [0.29, 0.717) is 16.3 Å². The summed E-state index contributed by atoms with van der Waals surface area (Å²) in [6.45, 7) is 3.35. The summed E-state index contributed by atoms with van der Waals surface area (Å²) in [5.41, 5.74) is 0.832. The van der Waals surface area contributed by atoms with Crippen LogP contribution in [0.1, 0.15) is 25.5 Å². The third-order valence-corrected chi connectivity index (χ3v) is 5.10. The molecule has 0 saturated carbocycles. The molecule has 3 rings (SSSR count). The Morgan fingerprint density at radius 3 is 2.30 bits per heavy atom. The Morgan fingerprint density at radius 1 is 1.11 bits per heavy atom. The number of Topliss-reactive ketones (excluding diaryl/α,β-unsaturated/α-hetero) is 1. The molecule has 4 nitrogen and oxygen atoms in total. The number of hydrogen-bond acceptors (Lipinski definition) is 3. The molecule has 1 heterocycles. The monoisotopic (exact) mass is 407 g/mol. The SMILES string of the molecule is CC(C)C(=O)C1=C(O)C(=O)N(c2ccc(Cl)c(Cl)c2)C1c1ccc(F)cc1. The standard InChI is InChI=1S/C20H16Cl2FNO3/c1-10(2)18(25)16-17(11-3-5-12(23)6-4-11)24(20(27)19(16)26)13-7-8-14(21)15(22)9-13/h3-10,17,26H,1-2H3. The van der Waals surface area contributed by atoms with Crippen LogP contribution in [0.4, 0.5) is 10.1 Å². The van der Waals surface area contributed by atoms with Gasteiger partial charge in [0, 0.05) is 11.6 Å². The van der Waals surface area contributed by atoms with Gasteiger partial charge in [0.2, 0.25) is 0 Å². The van der Waals surface area contributed by atoms with Crippen molar-refractivity contribution < 1.29 is 19.1 Å². The lowest BCUT2D eigenvalue weighted by Crippen LogP contribution is -2.31. The van der Waals surface area contributed by atoms with Gasteiger partial charge in [0.25, 0.3) is 5.91 Å². The molecular weight excluding hydrogens is 392 g/mol. The smallest absolute Gasteiger partial charge is 0.294 e. The second-order valence-corrected chi connectivity index (χ2v) is 7.32. The molecule has 0 spiro atoms. The third kappa shape index (κ3) is 3.45. The zero-order valence-electron chi connectivity index (χ0n) is 14.5. The van der Waals surface area contributed by atoms with Crippen molar-refractivity contribution in [3.63, 3.8) is 0 Å². The molecule has 2 aromatic carbocycles. The summed E-state index contributed by atoms with van der Waals surface area (Å²) >= 11 is 12.0. The van der Waals surface area contributed by atoms with E-state index in [1.54, 1.807) is 19.9 Å². The van der Waals surface area contributed by atoms with E-state index in [0.717, 1.165) is 0 Å². The molecule has 1 N–H and O–H groups in total. The van der Waals surface area contributed by atoms with Crippen LogP contribution >= 0.6 is 23.2 Å². The zero-order valence-corrected chi connectivity index (χ0v) is 16.1. The van der Waals surface area contributed by atoms with Gasteiger partial charge in [0.15, 0.2) is 11.5 Å². The molecule has 0 aliphatic carbocycles. The first kappa shape index (κ1) is 19.4. The Morgan fingerprint density at radius 2 is 1.74 bits per heavy atom. The van der Waals surface area contributed by atoms with Crippen molar-refractivity contribution >= 4 is 40.6 Å². The topological polar surface area (TPSA) is 57.6 Å². The molecule has 0 saturated heterocycles. The first-order valence-corrected chi connectivity index (χ1v) is 8.99. The number of benzene rings is 2. The third-order valence-electron chi connectivity index (χ3n) is 4.37. The van der Waals surface area contributed by atoms with Gasteiger partial charge in [-0.05, 0) is 35.9 Å². The van der Waals surface area contributed by atoms with Gasteiger partial charge in [0.05, 0.1) is 21.7 Å². The van der Waals surface area contributed by atoms with Crippen molar-refractivity contribution in [1.82, 2.24) is 0 Å². The Hall–Kier alpha value is -2.37. The van der Waals surface area contributed by atoms with Crippen LogP contribution in [0.3, 0.4) is 0 Å². The summed E-state index contributed by atoms with van der Waals surface area (Å²) in [6, 6.07) is 9.10. The molecule has 0 radical (unpaired) electrons. The predicted molar refractivity (Wildman–Crippen MR) is 103 cm³/mol. The van der Waals surface area contributed by atoms with E-state index in [1.807, 2.05) is 0 Å². The largest absolute Gasteiger partial charge is 0.503 e. The second-order valence-electron chi connectivity index (χ2n) is 6.51. The van der Waals surface area contributed by atoms with Crippen LogP contribution in [-0.4, -0.2) is 16.8 Å². The van der Waals surface area contributed by atoms with Gasteiger partial charge in [0.1, 0.15) is 5.82 Å². The van der Waals surface area contributed by atoms with E-state index in [9.17, 15) is 19.1 Å². The van der Waals surface area contributed by atoms with Crippen LogP contribution < -0.4 is 4.90 Å². The number of amides is 1. The number of anilines is 1. The minimum Gasteiger partial charge on any atom is -0.503 e. The average molecular weight is 408 g/mol. The van der Waals surface area contributed by atoms with E-state index < -0.39 is 29.4 Å². The summed E-state index contributed by atoms with van der Waals surface area (Å²) in [4.78, 5) is 26.8. The fourth-order valence-electron chi connectivity index (χ4n) is 3.03. The van der Waals surface area contributed by atoms with Gasteiger partial charge in [-0.15, -0.1) is 0 Å². The van der Waals surface area contributed by atoms with Crippen LogP contribution in [0, 0.1) is 11.7 Å². The minimum absolute atomic E-state index is 0.0207. The van der Waals surface area contributed by atoms with Crippen molar-refractivity contribution in [2.75, 3.05) is 4.90 Å². The molecular formula is C20H16Cl2FNO3. The van der Waals surface area contributed by atoms with E-state index in [4.69, 9.17) is 23.2 Å². The Bertz CT molecular complexity index is 954. The molecule has 140 valence electrons. The van der Waals surface area contributed by atoms with Crippen LogP contribution in [0.25, 0.3) is 0 Å². The fourth-order valence-corrected chi connectivity index (χ4v) is 3.32. The fraction of sp³-hybridized carbons (Fsp3) is 0.200. The van der Waals surface area contributed by atoms with Gasteiger partial charge >= 0.3 is 0 Å². The average Bonchev–Trinajstić information content (AvgIpc) is 2.89. The van der Waals surface area contributed by atoms with Crippen molar-refractivity contribution in [3.8, 4) is 0 Å². The number of aliphatic hydroxyl groups excluding tert-OH is 1. The maximum absolute atomic E-state index is 13.4. The zero-order chi connectivity index (χ0) is 19.9. The summed E-state index contributed by atoms with van der Waals surface area (Å²) < 4.78 is 13.4. The highest BCUT2D eigenvalue weighted by atomic mass is 35.5. The lowest BCUT2D eigenvalue weighted by Gasteiger charge is -2.27. The minimum atomic E-state index is -0.898. The van der Waals surface area contributed by atoms with Crippen LogP contribution in [0.5, 0.6) is 0 Å². The van der Waals surface area contributed by atoms with Crippen LogP contribution in [0.2, 0.25) is 10.0 Å². The molecule has 1 amide bonds. The van der Waals surface area contributed by atoms with Gasteiger partial charge in [-0.2, -0.15) is 0 Å². The first-order valence-electron chi connectivity index (χ1n) is 8.23. The second kappa shape index (κ2) is 7.33. The molecule has 1 atom stereocenters. The maximum atomic E-state index is 13.4. The predicted octanol–water partition coefficient (Wildman–Crippen LogP) is 5.26. The number of halogens is 3. The molecule has 1 unspecified atom stereocenters. The van der Waals surface area contributed by atoms with E-state index >= 15 is 0 Å². The number of nitrogens with zero attached hydrogens (tertiary/aromatic N) is 1. The lowest BCUT2D eigenvalue weighted by atomic mass is 9.91. The van der Waals surface area contributed by atoms with Gasteiger partial charge in [-0.1, -0.05) is 49.2 Å². The van der Waals surface area contributed by atoms with Gasteiger partial charge < -0.3 is 5.11 Å². The van der Waals surface area contributed by atoms with Gasteiger partial charge in [-0.25, -0.2) is 4.39 Å². The quantitative estimate of drug-likeness (QED) is 0.751. The normalized spacial score (nSPS) is 17.2. The number of carbonyl (C=O) groups excluding carboxylic acids is 2. The highest BCUT2D eigenvalue weighted by Crippen LogP contribution is 2.43. The van der Waals surface area contributed by atoms with E-state index in [1.165, 1.54) is 41.3 Å². The molecule has 7 heteroatoms. The Balaban J connectivity index is 2.20. The number of ketones is 1. The summed E-state index contributed by atoms with van der Waals surface area (Å²) in [7, 11) is 0. The molecule has 0 aromatic heterocycles. The summed E-state index contributed by atoms with van der Waals surface area (Å²) in [6.07, 6.45) is 0. The molecule has 0 bridgehead atoms. The van der Waals surface area contributed by atoms with Crippen molar-refractivity contribution in [1.29, 1.82) is 0 Å². The Labute approximate surface area is 165 Å². The molecule has 0 fully saturated rings. The number of hydrogen-bond donors (Lipinski definition) is 1. The Kier molecular flexibility index (Phi) is 5.27. The van der Waals surface area contributed by atoms with E-state index in [-0.39, 0.29) is 16.4 Å². The molecule has 1 aliphatic heterocycles. The van der Waals surface area contributed by atoms with Crippen molar-refractivity contribution in [3.05, 3.63) is 75.2 Å². The van der Waals surface area contributed by atoms with E-state index in [2.05, 4.69) is 0 Å². The highest BCUT2D eigenvalue weighted by molar-refractivity contribution is 6.42. The van der Waals surface area contributed by atoms with Crippen molar-refractivity contribution in [2.45, 2.75) is 19.9 Å². The number of aliphatic hydroxyl groups is 1. The molecule has 27 heavy (non-hydrogen) atoms. The van der Waals surface area contributed by atoms with Gasteiger partial charge in [-0.3, -0.25) is 14.5 Å². The molecule has 2 aromatic rings. The highest BCUT2D eigenvalue weighted by Gasteiger charge is 2.44. The van der Waals surface area contributed by atoms with Crippen LogP contribution in [0.15, 0.2) is 53.8 Å². The lowest BCUT2D eigenvalue weighted by molar-refractivity contribution is -0.119.